The number of amides is 1. The molecule has 4 N–H and O–H groups in total. The number of nitrogens with one attached hydrogen (secondary N) is 2. The summed E-state index contributed by atoms with van der Waals surface area (Å²) in [6.45, 7) is -0.0538. The zero-order chi connectivity index (χ0) is 31.7. The molecule has 1 aromatic carbocycles. The number of fused-ring (bicyclic) bond motifs is 1. The molecule has 1 saturated heterocycles. The molecule has 2 heterocycles. The standard InChI is InChI=1S/C24H27F6N5O3S.CH3FO/c1-13(21(37)34-22-33-18-4-3-16(38-12-25)8-19(18)39-22)35-6-5-23(26,27)17(10-35)14(9-32-2)7-15(11-36)20(31)24(28,29)30;1-3-2/h3-4,7-9,11,13,17,20,32H,5-6,10,12,31H2,1-2H3,(H,33,34,37);1H3/b14-9+,15-7+;. The van der Waals surface area contributed by atoms with Gasteiger partial charge in [-0.1, -0.05) is 11.3 Å². The third kappa shape index (κ3) is 9.11. The second-order valence-corrected chi connectivity index (χ2v) is 10.0. The van der Waals surface area contributed by atoms with Gasteiger partial charge < -0.3 is 21.1 Å². The van der Waals surface area contributed by atoms with Gasteiger partial charge in [0.25, 0.3) is 5.92 Å². The summed E-state index contributed by atoms with van der Waals surface area (Å²) in [7, 11) is 2.33. The summed E-state index contributed by atoms with van der Waals surface area (Å²) in [6.07, 6.45) is -3.93. The second-order valence-electron chi connectivity index (χ2n) is 8.99. The van der Waals surface area contributed by atoms with E-state index in [4.69, 9.17) is 10.5 Å². The van der Waals surface area contributed by atoms with Gasteiger partial charge in [0.15, 0.2) is 5.13 Å². The average molecular weight is 630 g/mol. The molecule has 1 aliphatic heterocycles. The Kier molecular flexibility index (Phi) is 12.7. The van der Waals surface area contributed by atoms with Crippen LogP contribution in [0, 0.1) is 5.92 Å². The highest BCUT2D eigenvalue weighted by atomic mass is 32.1. The van der Waals surface area contributed by atoms with Crippen LogP contribution in [0.25, 0.3) is 10.2 Å². The summed E-state index contributed by atoms with van der Waals surface area (Å²) in [4.78, 5) is 32.8. The van der Waals surface area contributed by atoms with Gasteiger partial charge in [0, 0.05) is 32.1 Å². The molecule has 42 heavy (non-hydrogen) atoms. The number of rotatable bonds is 10. The number of nitrogens with two attached hydrogens (primary N) is 1. The molecule has 2 aromatic rings. The van der Waals surface area contributed by atoms with Crippen LogP contribution >= 0.6 is 11.3 Å². The number of alkyl halides is 6. The Morgan fingerprint density at radius 3 is 2.60 bits per heavy atom. The van der Waals surface area contributed by atoms with Crippen molar-refractivity contribution >= 4 is 38.9 Å². The summed E-state index contributed by atoms with van der Waals surface area (Å²) >= 11 is 1.11. The monoisotopic (exact) mass is 629 g/mol. The molecule has 234 valence electrons. The minimum Gasteiger partial charge on any atom is -0.463 e. The van der Waals surface area contributed by atoms with Gasteiger partial charge >= 0.3 is 6.18 Å². The van der Waals surface area contributed by atoms with Crippen molar-refractivity contribution in [2.24, 2.45) is 11.7 Å². The molecule has 0 saturated carbocycles. The van der Waals surface area contributed by atoms with Crippen molar-refractivity contribution in [2.75, 3.05) is 39.4 Å². The van der Waals surface area contributed by atoms with E-state index in [2.05, 4.69) is 20.6 Å². The molecular formula is C25H30F7N5O4S. The Bertz CT molecular complexity index is 1270. The van der Waals surface area contributed by atoms with Crippen LogP contribution in [-0.2, 0) is 14.5 Å². The molecular weight excluding hydrogens is 599 g/mol. The fourth-order valence-electron chi connectivity index (χ4n) is 4.10. The molecule has 3 rings (SSSR count). The predicted molar refractivity (Wildman–Crippen MR) is 142 cm³/mol. The molecule has 1 amide bonds. The van der Waals surface area contributed by atoms with Gasteiger partial charge in [0.05, 0.1) is 29.3 Å². The maximum Gasteiger partial charge on any atom is 0.407 e. The highest BCUT2D eigenvalue weighted by molar-refractivity contribution is 7.22. The maximum atomic E-state index is 15.0. The number of aldehydes is 1. The van der Waals surface area contributed by atoms with Crippen molar-refractivity contribution in [1.82, 2.24) is 15.2 Å². The third-order valence-electron chi connectivity index (χ3n) is 6.29. The Morgan fingerprint density at radius 2 is 2.02 bits per heavy atom. The number of hydrogen-bond donors (Lipinski definition) is 3. The van der Waals surface area contributed by atoms with Gasteiger partial charge in [0.2, 0.25) is 12.8 Å². The first kappa shape index (κ1) is 34.9. The summed E-state index contributed by atoms with van der Waals surface area (Å²) in [5.41, 5.74) is 4.50. The van der Waals surface area contributed by atoms with E-state index in [1.807, 2.05) is 0 Å². The molecule has 0 bridgehead atoms. The van der Waals surface area contributed by atoms with E-state index in [1.165, 1.54) is 24.9 Å². The Hall–Kier alpha value is -3.28. The van der Waals surface area contributed by atoms with Crippen molar-refractivity contribution in [2.45, 2.75) is 37.5 Å². The summed E-state index contributed by atoms with van der Waals surface area (Å²) in [5.74, 6) is -5.23. The maximum absolute atomic E-state index is 15.0. The lowest BCUT2D eigenvalue weighted by atomic mass is 9.85. The number of benzene rings is 1. The molecule has 17 heteroatoms. The number of allylic oxidation sites excluding steroid dienone is 1. The predicted octanol–water partition coefficient (Wildman–Crippen LogP) is 4.52. The fourth-order valence-corrected chi connectivity index (χ4v) is 5.00. The van der Waals surface area contributed by atoms with Crippen LogP contribution in [0.2, 0.25) is 0 Å². The molecule has 9 nitrogen and oxygen atoms in total. The van der Waals surface area contributed by atoms with Gasteiger partial charge in [-0.25, -0.2) is 18.2 Å². The van der Waals surface area contributed by atoms with Gasteiger partial charge in [-0.05, 0) is 47.5 Å². The molecule has 1 aromatic heterocycles. The van der Waals surface area contributed by atoms with Crippen molar-refractivity contribution in [3.63, 3.8) is 0 Å². The first-order chi connectivity index (χ1) is 19.7. The van der Waals surface area contributed by atoms with Gasteiger partial charge in [-0.15, -0.1) is 0 Å². The molecule has 3 atom stereocenters. The van der Waals surface area contributed by atoms with Crippen molar-refractivity contribution < 1.29 is 50.1 Å². The first-order valence-corrected chi connectivity index (χ1v) is 13.1. The smallest absolute Gasteiger partial charge is 0.407 e. The number of ether oxygens (including phenoxy) is 1. The van der Waals surface area contributed by atoms with Gasteiger partial charge in [0.1, 0.15) is 18.1 Å². The Balaban J connectivity index is 0.00000197. The van der Waals surface area contributed by atoms with E-state index in [0.717, 1.165) is 30.7 Å². The third-order valence-corrected chi connectivity index (χ3v) is 7.23. The lowest BCUT2D eigenvalue weighted by Gasteiger charge is -2.41. The number of anilines is 1. The summed E-state index contributed by atoms with van der Waals surface area (Å²) < 4.78 is 96.9. The van der Waals surface area contributed by atoms with Crippen LogP contribution in [0.15, 0.2) is 41.6 Å². The van der Waals surface area contributed by atoms with Crippen molar-refractivity contribution in [3.8, 4) is 5.75 Å². The number of piperidine rings is 1. The summed E-state index contributed by atoms with van der Waals surface area (Å²) in [5, 5.41) is 5.39. The Morgan fingerprint density at radius 1 is 1.36 bits per heavy atom. The number of carbonyl (C=O) groups excluding carboxylic acids is 2. The van der Waals surface area contributed by atoms with E-state index >= 15 is 8.78 Å². The topological polar surface area (TPSA) is 119 Å². The zero-order valence-corrected chi connectivity index (χ0v) is 23.5. The highest BCUT2D eigenvalue weighted by Gasteiger charge is 2.47. The normalized spacial score (nSPS) is 19.4. The van der Waals surface area contributed by atoms with Crippen LogP contribution in [-0.4, -0.2) is 80.4 Å². The highest BCUT2D eigenvalue weighted by Crippen LogP contribution is 2.40. The molecule has 1 fully saturated rings. The average Bonchev–Trinajstić information content (AvgIpc) is 3.32. The molecule has 3 unspecified atom stereocenters. The van der Waals surface area contributed by atoms with E-state index in [9.17, 15) is 31.7 Å². The Labute approximate surface area is 240 Å². The lowest BCUT2D eigenvalue weighted by Crippen LogP contribution is -2.53. The van der Waals surface area contributed by atoms with Crippen LogP contribution in [0.4, 0.5) is 36.0 Å². The second kappa shape index (κ2) is 15.3. The van der Waals surface area contributed by atoms with Crippen LogP contribution in [0.1, 0.15) is 13.3 Å². The van der Waals surface area contributed by atoms with Crippen LogP contribution < -0.4 is 21.1 Å². The van der Waals surface area contributed by atoms with Crippen LogP contribution in [0.5, 0.6) is 5.75 Å². The number of likely N-dealkylation sites (tertiary alicyclic amines) is 1. The van der Waals surface area contributed by atoms with Crippen molar-refractivity contribution in [3.05, 3.63) is 41.6 Å². The number of aromatic nitrogens is 1. The van der Waals surface area contributed by atoms with Gasteiger partial charge in [-0.2, -0.15) is 18.1 Å². The zero-order valence-electron chi connectivity index (χ0n) is 22.7. The number of hydrogen-bond acceptors (Lipinski definition) is 9. The van der Waals surface area contributed by atoms with Crippen LogP contribution in [0.3, 0.4) is 0 Å². The van der Waals surface area contributed by atoms with E-state index in [0.29, 0.717) is 10.2 Å². The quantitative estimate of drug-likeness (QED) is 0.152. The van der Waals surface area contributed by atoms with Crippen molar-refractivity contribution in [1.29, 1.82) is 0 Å². The largest absolute Gasteiger partial charge is 0.463 e. The molecule has 0 spiro atoms. The fraction of sp³-hybridized carbons (Fsp3) is 0.480. The lowest BCUT2D eigenvalue weighted by molar-refractivity contribution is -0.141. The number of thiazole rings is 1. The van der Waals surface area contributed by atoms with E-state index in [-0.39, 0.29) is 35.8 Å². The molecule has 0 aliphatic carbocycles. The molecule has 1 aliphatic rings. The number of halogens is 7. The minimum absolute atomic E-state index is 0.110. The van der Waals surface area contributed by atoms with E-state index in [1.54, 1.807) is 12.1 Å². The van der Waals surface area contributed by atoms with E-state index < -0.39 is 54.9 Å². The van der Waals surface area contributed by atoms with Gasteiger partial charge in [-0.3, -0.25) is 14.5 Å². The minimum atomic E-state index is -4.95. The molecule has 0 radical (unpaired) electrons. The number of carbonyl (C=O) groups is 2. The SMILES string of the molecule is CN/C=C(\C=C(/C=O)C(N)C(F)(F)F)C1CN(C(C)C(=O)Nc2nc3ccc(OCF)cc3s2)CCC1(F)F.COF. The number of nitrogens with zero attached hydrogens (tertiary/aromatic N) is 2. The summed E-state index contributed by atoms with van der Waals surface area (Å²) in [6, 6.07) is 1.11. The first-order valence-electron chi connectivity index (χ1n) is 12.3.